The van der Waals surface area contributed by atoms with Gasteiger partial charge in [0.05, 0.1) is 6.04 Å². The van der Waals surface area contributed by atoms with E-state index in [0.717, 1.165) is 0 Å². The lowest BCUT2D eigenvalue weighted by Gasteiger charge is -2.34. The van der Waals surface area contributed by atoms with Crippen molar-refractivity contribution in [3.05, 3.63) is 0 Å². The molecule has 8 heteroatoms. The minimum absolute atomic E-state index is 0.0550. The lowest BCUT2D eigenvalue weighted by atomic mass is 9.90. The third-order valence-corrected chi connectivity index (χ3v) is 10.9. The molecular formula is C18H36NO4PS2. The van der Waals surface area contributed by atoms with E-state index in [1.807, 2.05) is 0 Å². The molecule has 3 atom stereocenters. The van der Waals surface area contributed by atoms with Gasteiger partial charge in [-0.2, -0.15) is 0 Å². The van der Waals surface area contributed by atoms with Crippen LogP contribution < -0.4 is 5.73 Å². The molecular weight excluding hydrogens is 389 g/mol. The Morgan fingerprint density at radius 1 is 1.12 bits per heavy atom. The maximum absolute atomic E-state index is 12.2. The van der Waals surface area contributed by atoms with E-state index in [-0.39, 0.29) is 45.7 Å². The Morgan fingerprint density at radius 3 is 2.12 bits per heavy atom. The smallest absolute Gasteiger partial charge is 0.201 e. The second-order valence-corrected chi connectivity index (χ2v) is 14.5. The number of hydrogen-bond acceptors (Lipinski definition) is 6. The molecule has 5 nitrogen and oxygen atoms in total. The Labute approximate surface area is 166 Å². The monoisotopic (exact) mass is 425 g/mol. The van der Waals surface area contributed by atoms with Gasteiger partial charge in [0.2, 0.25) is 7.37 Å². The molecule has 0 saturated heterocycles. The van der Waals surface area contributed by atoms with Crippen LogP contribution in [0, 0.1) is 5.92 Å². The standard InChI is InChI=1S/C18H36NO4PS2/c1-13(12-16(21)15(3)19)18(6,7)26-25-17(4,5)9-11-24(22,23)10-8-14(2)20/h13,15H,8-12,19H2,1-7H3,(H,22,23)/t13?,15-/m1/s1. The fourth-order valence-electron chi connectivity index (χ4n) is 1.97. The van der Waals surface area contributed by atoms with Gasteiger partial charge in [-0.3, -0.25) is 9.36 Å². The molecule has 0 aromatic rings. The van der Waals surface area contributed by atoms with E-state index in [1.54, 1.807) is 28.5 Å². The van der Waals surface area contributed by atoms with Gasteiger partial charge >= 0.3 is 0 Å². The van der Waals surface area contributed by atoms with Crippen LogP contribution in [-0.4, -0.2) is 44.3 Å². The quantitative estimate of drug-likeness (QED) is 0.331. The summed E-state index contributed by atoms with van der Waals surface area (Å²) in [5.41, 5.74) is 5.66. The van der Waals surface area contributed by atoms with Crippen LogP contribution in [-0.2, 0) is 14.2 Å². The van der Waals surface area contributed by atoms with E-state index in [1.165, 1.54) is 6.92 Å². The van der Waals surface area contributed by atoms with Crippen LogP contribution in [0.3, 0.4) is 0 Å². The maximum Gasteiger partial charge on any atom is 0.201 e. The lowest BCUT2D eigenvalue weighted by Crippen LogP contribution is -2.33. The second-order valence-electron chi connectivity index (χ2n) is 8.39. The molecule has 0 aromatic heterocycles. The molecule has 0 amide bonds. The highest BCUT2D eigenvalue weighted by molar-refractivity contribution is 8.77. The third kappa shape index (κ3) is 11.1. The van der Waals surface area contributed by atoms with Gasteiger partial charge in [0.25, 0.3) is 0 Å². The van der Waals surface area contributed by atoms with Gasteiger partial charge < -0.3 is 15.4 Å². The predicted octanol–water partition coefficient (Wildman–Crippen LogP) is 4.51. The summed E-state index contributed by atoms with van der Waals surface area (Å²) in [6.45, 7) is 13.6. The Morgan fingerprint density at radius 2 is 1.65 bits per heavy atom. The van der Waals surface area contributed by atoms with Gasteiger partial charge in [-0.25, -0.2) is 0 Å². The summed E-state index contributed by atoms with van der Waals surface area (Å²) in [6.07, 6.45) is 1.50. The van der Waals surface area contributed by atoms with Crippen molar-refractivity contribution in [1.29, 1.82) is 0 Å². The van der Waals surface area contributed by atoms with Crippen LogP contribution >= 0.6 is 29.0 Å². The molecule has 0 fully saturated rings. The molecule has 3 N–H and O–H groups in total. The summed E-state index contributed by atoms with van der Waals surface area (Å²) < 4.78 is 11.9. The third-order valence-electron chi connectivity index (χ3n) is 4.56. The van der Waals surface area contributed by atoms with Gasteiger partial charge in [0.15, 0.2) is 0 Å². The molecule has 0 heterocycles. The highest BCUT2D eigenvalue weighted by Gasteiger charge is 2.33. The highest BCUT2D eigenvalue weighted by Crippen LogP contribution is 2.51. The summed E-state index contributed by atoms with van der Waals surface area (Å²) in [5.74, 6) is 0.191. The summed E-state index contributed by atoms with van der Waals surface area (Å²) in [6, 6.07) is -0.434. The van der Waals surface area contributed by atoms with E-state index in [9.17, 15) is 19.0 Å². The van der Waals surface area contributed by atoms with Crippen LogP contribution in [0.15, 0.2) is 0 Å². The number of carbonyl (C=O) groups excluding carboxylic acids is 2. The zero-order valence-corrected chi connectivity index (χ0v) is 19.7. The first-order valence-electron chi connectivity index (χ1n) is 9.03. The first-order valence-corrected chi connectivity index (χ1v) is 13.2. The molecule has 0 saturated carbocycles. The Hall–Kier alpha value is 0.190. The molecule has 0 spiro atoms. The van der Waals surface area contributed by atoms with Crippen molar-refractivity contribution in [2.24, 2.45) is 11.7 Å². The topological polar surface area (TPSA) is 97.5 Å². The van der Waals surface area contributed by atoms with Gasteiger partial charge in [-0.15, -0.1) is 0 Å². The van der Waals surface area contributed by atoms with Gasteiger partial charge in [0, 0.05) is 34.7 Å². The number of ketones is 2. The van der Waals surface area contributed by atoms with Crippen molar-refractivity contribution in [3.8, 4) is 0 Å². The van der Waals surface area contributed by atoms with E-state index in [0.29, 0.717) is 12.8 Å². The summed E-state index contributed by atoms with van der Waals surface area (Å²) in [5, 5.41) is 0. The fourth-order valence-corrected chi connectivity index (χ4v) is 6.85. The van der Waals surface area contributed by atoms with E-state index in [2.05, 4.69) is 34.6 Å². The Bertz CT molecular complexity index is 535. The zero-order chi connectivity index (χ0) is 20.8. The van der Waals surface area contributed by atoms with E-state index < -0.39 is 13.4 Å². The predicted molar refractivity (Wildman–Crippen MR) is 115 cm³/mol. The zero-order valence-electron chi connectivity index (χ0n) is 17.2. The lowest BCUT2D eigenvalue weighted by molar-refractivity contribution is -0.121. The Kier molecular flexibility index (Phi) is 10.7. The van der Waals surface area contributed by atoms with Crippen LogP contribution in [0.4, 0.5) is 0 Å². The molecule has 0 rings (SSSR count). The Balaban J connectivity index is 4.58. The first-order chi connectivity index (χ1) is 11.6. The van der Waals surface area contributed by atoms with Crippen LogP contribution in [0.2, 0.25) is 0 Å². The van der Waals surface area contributed by atoms with Crippen molar-refractivity contribution in [1.82, 2.24) is 0 Å². The number of nitrogens with two attached hydrogens (primary N) is 1. The molecule has 0 aromatic carbocycles. The number of hydrogen-bond donors (Lipinski definition) is 2. The minimum atomic E-state index is -3.26. The number of Topliss-reactive ketones (excluding diaryl/α,β-unsaturated/α-hetero) is 2. The minimum Gasteiger partial charge on any atom is -0.344 e. The average molecular weight is 426 g/mol. The van der Waals surface area contributed by atoms with Gasteiger partial charge in [0.1, 0.15) is 11.6 Å². The van der Waals surface area contributed by atoms with Gasteiger partial charge in [-0.05, 0) is 53.9 Å². The van der Waals surface area contributed by atoms with Crippen molar-refractivity contribution in [3.63, 3.8) is 0 Å². The molecule has 26 heavy (non-hydrogen) atoms. The molecule has 2 unspecified atom stereocenters. The van der Waals surface area contributed by atoms with Crippen molar-refractivity contribution < 1.29 is 19.0 Å². The number of rotatable bonds is 13. The summed E-state index contributed by atoms with van der Waals surface area (Å²) in [7, 11) is 0.146. The van der Waals surface area contributed by atoms with Crippen molar-refractivity contribution >= 4 is 40.5 Å². The summed E-state index contributed by atoms with van der Waals surface area (Å²) in [4.78, 5) is 32.9. The van der Waals surface area contributed by atoms with E-state index >= 15 is 0 Å². The summed E-state index contributed by atoms with van der Waals surface area (Å²) >= 11 is 0. The first kappa shape index (κ1) is 26.2. The van der Waals surface area contributed by atoms with Crippen LogP contribution in [0.1, 0.15) is 67.7 Å². The SMILES string of the molecule is CC(=O)CCP(=O)(O)CCC(C)(C)SSC(C)(C)C(C)CC(=O)[C@@H](C)N. The highest BCUT2D eigenvalue weighted by atomic mass is 33.1. The molecule has 0 aliphatic rings. The largest absolute Gasteiger partial charge is 0.344 e. The van der Waals surface area contributed by atoms with Crippen LogP contribution in [0.5, 0.6) is 0 Å². The van der Waals surface area contributed by atoms with Crippen molar-refractivity contribution in [2.45, 2.75) is 83.3 Å². The molecule has 154 valence electrons. The average Bonchev–Trinajstić information content (AvgIpc) is 2.49. The molecule has 0 radical (unpaired) electrons. The van der Waals surface area contributed by atoms with E-state index in [4.69, 9.17) is 5.73 Å². The molecule has 0 bridgehead atoms. The number of carbonyl (C=O) groups is 2. The second kappa shape index (κ2) is 10.7. The maximum atomic E-state index is 12.2. The van der Waals surface area contributed by atoms with Gasteiger partial charge in [-0.1, -0.05) is 28.5 Å². The fraction of sp³-hybridized carbons (Fsp3) is 0.889. The normalized spacial score (nSPS) is 17.4. The molecule has 0 aliphatic heterocycles. The molecule has 0 aliphatic carbocycles. The van der Waals surface area contributed by atoms with Crippen LogP contribution in [0.25, 0.3) is 0 Å². The van der Waals surface area contributed by atoms with Crippen molar-refractivity contribution in [2.75, 3.05) is 12.3 Å².